The molecule has 0 aliphatic carbocycles. The zero-order valence-corrected chi connectivity index (χ0v) is 13.6. The molecule has 110 valence electrons. The van der Waals surface area contributed by atoms with Crippen molar-refractivity contribution in [3.05, 3.63) is 0 Å². The zero-order valence-electron chi connectivity index (χ0n) is 12.0. The third kappa shape index (κ3) is 3.85. The normalized spacial score (nSPS) is 31.2. The van der Waals surface area contributed by atoms with Gasteiger partial charge >= 0.3 is 6.09 Å². The lowest BCUT2D eigenvalue weighted by Crippen LogP contribution is -2.59. The fourth-order valence-corrected chi connectivity index (χ4v) is 3.68. The van der Waals surface area contributed by atoms with Crippen LogP contribution >= 0.6 is 15.9 Å². The van der Waals surface area contributed by atoms with E-state index in [9.17, 15) is 4.79 Å². The van der Waals surface area contributed by atoms with Gasteiger partial charge < -0.3 is 9.47 Å². The van der Waals surface area contributed by atoms with Crippen LogP contribution < -0.4 is 0 Å². The number of morpholine rings is 1. The Morgan fingerprint density at radius 3 is 2.37 bits per heavy atom. The van der Waals surface area contributed by atoms with Crippen LogP contribution in [0.1, 0.15) is 40.0 Å². The summed E-state index contributed by atoms with van der Waals surface area (Å²) in [4.78, 5) is 14.3. The summed E-state index contributed by atoms with van der Waals surface area (Å²) in [6.45, 7) is 7.03. The number of alkyl halides is 1. The predicted octanol–water partition coefficient (Wildman–Crippen LogP) is 3.19. The van der Waals surface area contributed by atoms with Crippen molar-refractivity contribution in [2.24, 2.45) is 5.92 Å². The lowest BCUT2D eigenvalue weighted by atomic mass is 9.84. The van der Waals surface area contributed by atoms with Crippen molar-refractivity contribution in [2.75, 3.05) is 18.5 Å². The van der Waals surface area contributed by atoms with E-state index in [1.54, 1.807) is 0 Å². The van der Waals surface area contributed by atoms with E-state index >= 15 is 0 Å². The molecule has 0 saturated carbocycles. The van der Waals surface area contributed by atoms with Crippen molar-refractivity contribution in [3.63, 3.8) is 0 Å². The van der Waals surface area contributed by atoms with Gasteiger partial charge in [0, 0.05) is 5.33 Å². The van der Waals surface area contributed by atoms with Gasteiger partial charge in [-0.3, -0.25) is 4.90 Å². The first-order valence-corrected chi connectivity index (χ1v) is 8.18. The molecule has 0 aromatic rings. The predicted molar refractivity (Wildman–Crippen MR) is 77.6 cm³/mol. The van der Waals surface area contributed by atoms with Crippen LogP contribution in [0.4, 0.5) is 4.79 Å². The molecule has 2 saturated heterocycles. The van der Waals surface area contributed by atoms with Crippen LogP contribution in [0.5, 0.6) is 0 Å². The van der Waals surface area contributed by atoms with Crippen molar-refractivity contribution >= 4 is 22.0 Å². The number of ether oxygens (including phenoxy) is 2. The Labute approximate surface area is 123 Å². The fourth-order valence-electron chi connectivity index (χ4n) is 3.03. The number of rotatable bonds is 2. The van der Waals surface area contributed by atoms with E-state index in [2.05, 4.69) is 15.9 Å². The Kier molecular flexibility index (Phi) is 4.77. The van der Waals surface area contributed by atoms with Gasteiger partial charge in [-0.25, -0.2) is 4.79 Å². The van der Waals surface area contributed by atoms with Crippen molar-refractivity contribution in [3.8, 4) is 0 Å². The van der Waals surface area contributed by atoms with Gasteiger partial charge in [-0.15, -0.1) is 0 Å². The summed E-state index contributed by atoms with van der Waals surface area (Å²) in [5.41, 5.74) is -0.432. The second-order valence-electron chi connectivity index (χ2n) is 6.55. The molecular formula is C14H24BrNO3. The van der Waals surface area contributed by atoms with E-state index in [1.165, 1.54) is 6.42 Å². The van der Waals surface area contributed by atoms with Gasteiger partial charge in [-0.1, -0.05) is 15.9 Å². The molecule has 0 spiro atoms. The third-order valence-corrected chi connectivity index (χ3v) is 4.20. The third-order valence-electron chi connectivity index (χ3n) is 3.74. The topological polar surface area (TPSA) is 38.8 Å². The lowest BCUT2D eigenvalue weighted by molar-refractivity contribution is -0.0897. The van der Waals surface area contributed by atoms with E-state index in [0.717, 1.165) is 18.2 Å². The summed E-state index contributed by atoms with van der Waals surface area (Å²) in [6.07, 6.45) is 3.06. The average Bonchev–Trinajstić information content (AvgIpc) is 2.25. The standard InChI is InChI=1S/C14H24BrNO3/c1-14(2,3)19-13(17)16-11-6-10(4-5-15)7-12(16)9-18-8-11/h10-12H,4-9H2,1-3H3. The average molecular weight is 334 g/mol. The highest BCUT2D eigenvalue weighted by Crippen LogP contribution is 2.34. The number of fused-ring (bicyclic) bond motifs is 2. The minimum Gasteiger partial charge on any atom is -0.444 e. The minimum absolute atomic E-state index is 0.178. The number of hydrogen-bond donors (Lipinski definition) is 0. The summed E-state index contributed by atoms with van der Waals surface area (Å²) >= 11 is 3.51. The van der Waals surface area contributed by atoms with Crippen molar-refractivity contribution in [1.82, 2.24) is 4.90 Å². The number of piperidine rings is 1. The molecule has 0 aromatic heterocycles. The lowest BCUT2D eigenvalue weighted by Gasteiger charge is -2.48. The first-order valence-electron chi connectivity index (χ1n) is 7.05. The SMILES string of the molecule is CC(C)(C)OC(=O)N1C2COCC1CC(CCBr)C2. The Hall–Kier alpha value is -0.290. The van der Waals surface area contributed by atoms with Crippen LogP contribution in [-0.2, 0) is 9.47 Å². The maximum Gasteiger partial charge on any atom is 0.410 e. The quantitative estimate of drug-likeness (QED) is 0.728. The Balaban J connectivity index is 2.03. The van der Waals surface area contributed by atoms with Crippen molar-refractivity contribution < 1.29 is 14.3 Å². The first-order chi connectivity index (χ1) is 8.90. The molecule has 5 heteroatoms. The summed E-state index contributed by atoms with van der Waals surface area (Å²) in [5, 5.41) is 1.03. The number of carbonyl (C=O) groups is 1. The molecule has 19 heavy (non-hydrogen) atoms. The van der Waals surface area contributed by atoms with Crippen LogP contribution in [0, 0.1) is 5.92 Å². The molecule has 0 aromatic carbocycles. The van der Waals surface area contributed by atoms with Gasteiger partial charge in [0.05, 0.1) is 25.3 Å². The maximum absolute atomic E-state index is 12.3. The molecule has 2 fully saturated rings. The highest BCUT2D eigenvalue weighted by Gasteiger charge is 2.42. The van der Waals surface area contributed by atoms with Gasteiger partial charge in [0.2, 0.25) is 0 Å². The van der Waals surface area contributed by atoms with Crippen LogP contribution in [0.2, 0.25) is 0 Å². The van der Waals surface area contributed by atoms with E-state index < -0.39 is 5.60 Å². The molecular weight excluding hydrogens is 310 g/mol. The highest BCUT2D eigenvalue weighted by molar-refractivity contribution is 9.09. The van der Waals surface area contributed by atoms with Crippen LogP contribution in [-0.4, -0.2) is 47.2 Å². The molecule has 4 nitrogen and oxygen atoms in total. The molecule has 0 N–H and O–H groups in total. The zero-order chi connectivity index (χ0) is 14.0. The smallest absolute Gasteiger partial charge is 0.410 e. The van der Waals surface area contributed by atoms with Crippen LogP contribution in [0.15, 0.2) is 0 Å². The summed E-state index contributed by atoms with van der Waals surface area (Å²) in [7, 11) is 0. The van der Waals surface area contributed by atoms with Gasteiger partial charge in [0.15, 0.2) is 0 Å². The van der Waals surface area contributed by atoms with Gasteiger partial charge in [0.25, 0.3) is 0 Å². The number of carbonyl (C=O) groups excluding carboxylic acids is 1. The fraction of sp³-hybridized carbons (Fsp3) is 0.929. The Morgan fingerprint density at radius 1 is 1.32 bits per heavy atom. The molecule has 2 aliphatic heterocycles. The van der Waals surface area contributed by atoms with Crippen LogP contribution in [0.25, 0.3) is 0 Å². The van der Waals surface area contributed by atoms with E-state index in [0.29, 0.717) is 19.1 Å². The van der Waals surface area contributed by atoms with Gasteiger partial charge in [-0.2, -0.15) is 0 Å². The van der Waals surface area contributed by atoms with E-state index in [-0.39, 0.29) is 18.2 Å². The maximum atomic E-state index is 12.3. The largest absolute Gasteiger partial charge is 0.444 e. The summed E-state index contributed by atoms with van der Waals surface area (Å²) in [6, 6.07) is 0.373. The number of hydrogen-bond acceptors (Lipinski definition) is 3. The van der Waals surface area contributed by atoms with Crippen LogP contribution in [0.3, 0.4) is 0 Å². The second-order valence-corrected chi connectivity index (χ2v) is 7.34. The molecule has 2 aliphatic rings. The highest BCUT2D eigenvalue weighted by atomic mass is 79.9. The second kappa shape index (κ2) is 6.00. The number of nitrogens with zero attached hydrogens (tertiary/aromatic N) is 1. The summed E-state index contributed by atoms with van der Waals surface area (Å²) < 4.78 is 11.1. The van der Waals surface area contributed by atoms with Gasteiger partial charge in [-0.05, 0) is 46.0 Å². The molecule has 1 amide bonds. The summed E-state index contributed by atoms with van der Waals surface area (Å²) in [5.74, 6) is 0.692. The number of halogens is 1. The Bertz CT molecular complexity index is 315. The van der Waals surface area contributed by atoms with Crippen molar-refractivity contribution in [2.45, 2.75) is 57.7 Å². The first kappa shape index (κ1) is 15.1. The van der Waals surface area contributed by atoms with Gasteiger partial charge in [0.1, 0.15) is 5.60 Å². The molecule has 2 unspecified atom stereocenters. The Morgan fingerprint density at radius 2 is 1.89 bits per heavy atom. The monoisotopic (exact) mass is 333 g/mol. The minimum atomic E-state index is -0.432. The molecule has 2 atom stereocenters. The van der Waals surface area contributed by atoms with E-state index in [1.807, 2.05) is 25.7 Å². The van der Waals surface area contributed by atoms with Crippen molar-refractivity contribution in [1.29, 1.82) is 0 Å². The molecule has 2 bridgehead atoms. The van der Waals surface area contributed by atoms with E-state index in [4.69, 9.17) is 9.47 Å². The molecule has 0 radical (unpaired) electrons. The molecule has 2 heterocycles. The number of amides is 1. The molecule has 2 rings (SSSR count).